The van der Waals surface area contributed by atoms with Crippen LogP contribution in [0.15, 0.2) is 36.4 Å². The highest BCUT2D eigenvalue weighted by Crippen LogP contribution is 2.36. The quantitative estimate of drug-likeness (QED) is 0.306. The van der Waals surface area contributed by atoms with E-state index in [2.05, 4.69) is 0 Å². The molecule has 27 heavy (non-hydrogen) atoms. The summed E-state index contributed by atoms with van der Waals surface area (Å²) >= 11 is 5.79. The average Bonchev–Trinajstić information content (AvgIpc) is 2.98. The normalized spacial score (nSPS) is 15.4. The number of fused-ring (bicyclic) bond motifs is 1. The summed E-state index contributed by atoms with van der Waals surface area (Å²) in [5, 5.41) is 11.0. The molecule has 0 bridgehead atoms. The number of hydrogen-bond acceptors (Lipinski definition) is 5. The van der Waals surface area contributed by atoms with Gasteiger partial charge in [0.15, 0.2) is 5.78 Å². The van der Waals surface area contributed by atoms with Gasteiger partial charge in [0.1, 0.15) is 22.6 Å². The van der Waals surface area contributed by atoms with Crippen molar-refractivity contribution in [1.82, 2.24) is 0 Å². The van der Waals surface area contributed by atoms with Gasteiger partial charge in [-0.1, -0.05) is 11.6 Å². The minimum absolute atomic E-state index is 0.0101. The van der Waals surface area contributed by atoms with Gasteiger partial charge in [-0.2, -0.15) is 0 Å². The van der Waals surface area contributed by atoms with Crippen LogP contribution < -0.4 is 9.47 Å². The first kappa shape index (κ1) is 18.9. The largest absolute Gasteiger partial charge is 0.493 e. The van der Waals surface area contributed by atoms with Crippen molar-refractivity contribution in [3.8, 4) is 11.5 Å². The molecule has 0 unspecified atom stereocenters. The molecule has 0 amide bonds. The molecular weight excluding hydrogens is 370 g/mol. The van der Waals surface area contributed by atoms with Gasteiger partial charge in [-0.15, -0.1) is 0 Å². The summed E-state index contributed by atoms with van der Waals surface area (Å²) in [6.45, 7) is 4.37. The number of carbonyl (C=O) groups excluding carboxylic acids is 1. The smallest absolute Gasteiger partial charge is 0.288 e. The van der Waals surface area contributed by atoms with Crippen LogP contribution in [0.4, 0.5) is 5.69 Å². The number of nitro groups is 1. The van der Waals surface area contributed by atoms with Crippen LogP contribution in [0.5, 0.6) is 11.5 Å². The second-order valence-electron chi connectivity index (χ2n) is 6.18. The summed E-state index contributed by atoms with van der Waals surface area (Å²) in [6.07, 6.45) is 3.90. The van der Waals surface area contributed by atoms with Crippen molar-refractivity contribution >= 4 is 29.1 Å². The molecule has 0 aliphatic carbocycles. The molecule has 0 aromatic heterocycles. The van der Waals surface area contributed by atoms with E-state index < -0.39 is 4.92 Å². The summed E-state index contributed by atoms with van der Waals surface area (Å²) in [6, 6.07) is 7.75. The molecule has 2 aromatic carbocycles. The Morgan fingerprint density at radius 3 is 2.89 bits per heavy atom. The topological polar surface area (TPSA) is 78.7 Å². The number of halogens is 1. The maximum Gasteiger partial charge on any atom is 0.288 e. The van der Waals surface area contributed by atoms with Gasteiger partial charge in [-0.3, -0.25) is 14.9 Å². The fourth-order valence-electron chi connectivity index (χ4n) is 2.93. The molecule has 1 aliphatic rings. The van der Waals surface area contributed by atoms with E-state index in [-0.39, 0.29) is 28.2 Å². The van der Waals surface area contributed by atoms with Gasteiger partial charge in [0.05, 0.1) is 11.5 Å². The lowest BCUT2D eigenvalue weighted by Crippen LogP contribution is -2.05. The Morgan fingerprint density at radius 1 is 1.41 bits per heavy atom. The highest BCUT2D eigenvalue weighted by atomic mass is 35.5. The second kappa shape index (κ2) is 7.80. The van der Waals surface area contributed by atoms with Gasteiger partial charge in [0.2, 0.25) is 0 Å². The highest BCUT2D eigenvalue weighted by Gasteiger charge is 2.21. The van der Waals surface area contributed by atoms with Gasteiger partial charge < -0.3 is 9.47 Å². The summed E-state index contributed by atoms with van der Waals surface area (Å²) in [5.74, 6) is 1.08. The third kappa shape index (κ3) is 4.11. The van der Waals surface area contributed by atoms with Gasteiger partial charge in [-0.05, 0) is 50.3 Å². The monoisotopic (exact) mass is 387 g/mol. The van der Waals surface area contributed by atoms with Crippen molar-refractivity contribution < 1.29 is 19.2 Å². The molecule has 0 radical (unpaired) electrons. The molecule has 1 atom stereocenters. The molecule has 6 nitrogen and oxygen atoms in total. The number of allylic oxidation sites excluding steroid dienone is 1. The van der Waals surface area contributed by atoms with Crippen LogP contribution in [-0.2, 0) is 6.42 Å². The zero-order valence-corrected chi connectivity index (χ0v) is 15.7. The molecule has 140 valence electrons. The molecular formula is C20H18ClNO5. The van der Waals surface area contributed by atoms with Crippen LogP contribution in [-0.4, -0.2) is 23.4 Å². The lowest BCUT2D eigenvalue weighted by atomic mass is 10.0. The molecule has 0 saturated carbocycles. The zero-order chi connectivity index (χ0) is 19.6. The van der Waals surface area contributed by atoms with Crippen molar-refractivity contribution in [3.63, 3.8) is 0 Å². The maximum atomic E-state index is 12.4. The van der Waals surface area contributed by atoms with E-state index in [9.17, 15) is 14.9 Å². The highest BCUT2D eigenvalue weighted by molar-refractivity contribution is 6.32. The summed E-state index contributed by atoms with van der Waals surface area (Å²) in [5.41, 5.74) is 1.67. The van der Waals surface area contributed by atoms with Crippen LogP contribution in [0, 0.1) is 10.1 Å². The number of nitro benzene ring substituents is 1. The Hall–Kier alpha value is -2.86. The number of carbonyl (C=O) groups is 1. The van der Waals surface area contributed by atoms with E-state index in [0.29, 0.717) is 17.9 Å². The lowest BCUT2D eigenvalue weighted by molar-refractivity contribution is -0.384. The summed E-state index contributed by atoms with van der Waals surface area (Å²) < 4.78 is 11.4. The van der Waals surface area contributed by atoms with Crippen molar-refractivity contribution in [2.24, 2.45) is 0 Å². The minimum atomic E-state index is -0.616. The Kier molecular flexibility index (Phi) is 5.46. The van der Waals surface area contributed by atoms with Crippen LogP contribution in [0.2, 0.25) is 5.02 Å². The molecule has 0 spiro atoms. The molecule has 3 rings (SSSR count). The molecule has 1 heterocycles. The third-order valence-electron chi connectivity index (χ3n) is 4.17. The van der Waals surface area contributed by atoms with Crippen LogP contribution in [0.1, 0.15) is 35.3 Å². The van der Waals surface area contributed by atoms with Gasteiger partial charge in [0, 0.05) is 29.2 Å². The fraction of sp³-hybridized carbons (Fsp3) is 0.250. The number of ether oxygens (including phenoxy) is 2. The van der Waals surface area contributed by atoms with Crippen molar-refractivity contribution in [1.29, 1.82) is 0 Å². The van der Waals surface area contributed by atoms with E-state index >= 15 is 0 Å². The van der Waals surface area contributed by atoms with E-state index in [0.717, 1.165) is 17.7 Å². The van der Waals surface area contributed by atoms with E-state index in [1.165, 1.54) is 24.3 Å². The van der Waals surface area contributed by atoms with Gasteiger partial charge in [-0.25, -0.2) is 0 Å². The first-order valence-corrected chi connectivity index (χ1v) is 8.89. The van der Waals surface area contributed by atoms with Crippen LogP contribution in [0.25, 0.3) is 6.08 Å². The van der Waals surface area contributed by atoms with Crippen molar-refractivity contribution in [2.45, 2.75) is 26.4 Å². The predicted octanol–water partition coefficient (Wildman–Crippen LogP) is 4.87. The molecule has 0 N–H and O–H groups in total. The van der Waals surface area contributed by atoms with Crippen LogP contribution in [0.3, 0.4) is 0 Å². The van der Waals surface area contributed by atoms with Gasteiger partial charge >= 0.3 is 0 Å². The van der Waals surface area contributed by atoms with Crippen molar-refractivity contribution in [3.05, 3.63) is 68.2 Å². The SMILES string of the molecule is CCOc1cc2c(cc1/C=C/C(=O)c1ccc(Cl)c([N+](=O)[O-])c1)O[C@H](C)C2. The van der Waals surface area contributed by atoms with E-state index in [1.54, 1.807) is 6.08 Å². The number of hydrogen-bond donors (Lipinski definition) is 0. The molecule has 2 aromatic rings. The second-order valence-corrected chi connectivity index (χ2v) is 6.59. The van der Waals surface area contributed by atoms with Crippen LogP contribution >= 0.6 is 11.6 Å². The lowest BCUT2D eigenvalue weighted by Gasteiger charge is -2.10. The minimum Gasteiger partial charge on any atom is -0.493 e. The third-order valence-corrected chi connectivity index (χ3v) is 4.49. The Balaban J connectivity index is 1.89. The average molecular weight is 388 g/mol. The standard InChI is InChI=1S/C20H18ClNO5/c1-3-26-19-11-15-8-12(2)27-20(15)10-14(19)5-7-18(23)13-4-6-16(21)17(9-13)22(24)25/h4-7,9-12H,3,8H2,1-2H3/b7-5+/t12-/m1/s1. The number of ketones is 1. The Bertz CT molecular complexity index is 938. The van der Waals surface area contributed by atoms with Gasteiger partial charge in [0.25, 0.3) is 5.69 Å². The first-order chi connectivity index (χ1) is 12.9. The Labute approximate surface area is 161 Å². The number of rotatable bonds is 6. The molecule has 0 fully saturated rings. The Morgan fingerprint density at radius 2 is 2.19 bits per heavy atom. The first-order valence-electron chi connectivity index (χ1n) is 8.51. The fourth-order valence-corrected chi connectivity index (χ4v) is 3.12. The number of benzene rings is 2. The molecule has 0 saturated heterocycles. The molecule has 1 aliphatic heterocycles. The van der Waals surface area contributed by atoms with Crippen molar-refractivity contribution in [2.75, 3.05) is 6.61 Å². The summed E-state index contributed by atoms with van der Waals surface area (Å²) in [4.78, 5) is 22.8. The van der Waals surface area contributed by atoms with E-state index in [4.69, 9.17) is 21.1 Å². The zero-order valence-electron chi connectivity index (χ0n) is 14.9. The van der Waals surface area contributed by atoms with E-state index in [1.807, 2.05) is 26.0 Å². The molecule has 7 heteroatoms. The predicted molar refractivity (Wildman–Crippen MR) is 103 cm³/mol. The number of nitrogens with zero attached hydrogens (tertiary/aromatic N) is 1. The maximum absolute atomic E-state index is 12.4. The summed E-state index contributed by atoms with van der Waals surface area (Å²) in [7, 11) is 0.